The number of nitrogen functional groups attached to an aromatic ring is 1. The predicted molar refractivity (Wildman–Crippen MR) is 83.7 cm³/mol. The number of aryl methyl sites for hydroxylation is 1. The van der Waals surface area contributed by atoms with Crippen molar-refractivity contribution in [2.24, 2.45) is 0 Å². The number of hydrogen-bond donors (Lipinski definition) is 2. The van der Waals surface area contributed by atoms with Gasteiger partial charge in [-0.25, -0.2) is 0 Å². The first kappa shape index (κ1) is 14.2. The highest BCUT2D eigenvalue weighted by atomic mass is 15.1. The van der Waals surface area contributed by atoms with Crippen LogP contribution in [-0.4, -0.2) is 25.7 Å². The molecule has 1 heterocycles. The van der Waals surface area contributed by atoms with Crippen LogP contribution in [0.1, 0.15) is 38.2 Å². The topological polar surface area (TPSA) is 41.3 Å². The minimum Gasteiger partial charge on any atom is -0.399 e. The summed E-state index contributed by atoms with van der Waals surface area (Å²) in [5.74, 6) is 0. The quantitative estimate of drug-likeness (QED) is 0.819. The Hall–Kier alpha value is -1.22. The van der Waals surface area contributed by atoms with Gasteiger partial charge in [-0.3, -0.25) is 0 Å². The van der Waals surface area contributed by atoms with Gasteiger partial charge in [0.2, 0.25) is 0 Å². The van der Waals surface area contributed by atoms with E-state index in [1.165, 1.54) is 36.9 Å². The summed E-state index contributed by atoms with van der Waals surface area (Å²) in [6.45, 7) is 7.76. The minimum atomic E-state index is 0.694. The number of nitrogens with one attached hydrogen (secondary N) is 1. The zero-order chi connectivity index (χ0) is 13.7. The number of nitrogens with zero attached hydrogens (tertiary/aromatic N) is 1. The standard InChI is InChI=1S/C16H27N3/c1-3-9-18-14-5-4-10-19(11-8-14)15-6-7-16(17)13(2)12-15/h6-7,12,14,18H,3-5,8-11,17H2,1-2H3. The van der Waals surface area contributed by atoms with E-state index in [2.05, 4.69) is 36.2 Å². The molecule has 1 aliphatic heterocycles. The second-order valence-corrected chi connectivity index (χ2v) is 5.61. The summed E-state index contributed by atoms with van der Waals surface area (Å²) in [4.78, 5) is 2.50. The van der Waals surface area contributed by atoms with Crippen molar-refractivity contribution in [3.63, 3.8) is 0 Å². The van der Waals surface area contributed by atoms with Gasteiger partial charge >= 0.3 is 0 Å². The van der Waals surface area contributed by atoms with Gasteiger partial charge < -0.3 is 16.0 Å². The third-order valence-electron chi connectivity index (χ3n) is 4.03. The fourth-order valence-corrected chi connectivity index (χ4v) is 2.76. The van der Waals surface area contributed by atoms with E-state index in [4.69, 9.17) is 5.73 Å². The first-order chi connectivity index (χ1) is 9.20. The fourth-order valence-electron chi connectivity index (χ4n) is 2.76. The molecule has 2 rings (SSSR count). The van der Waals surface area contributed by atoms with Crippen LogP contribution < -0.4 is 16.0 Å². The van der Waals surface area contributed by atoms with Crippen LogP contribution in [0.25, 0.3) is 0 Å². The SMILES string of the molecule is CCCNC1CCCN(c2ccc(N)c(C)c2)CC1. The summed E-state index contributed by atoms with van der Waals surface area (Å²) >= 11 is 0. The second kappa shape index (κ2) is 6.80. The van der Waals surface area contributed by atoms with Crippen LogP contribution >= 0.6 is 0 Å². The van der Waals surface area contributed by atoms with E-state index in [0.717, 1.165) is 25.3 Å². The van der Waals surface area contributed by atoms with Crippen molar-refractivity contribution < 1.29 is 0 Å². The second-order valence-electron chi connectivity index (χ2n) is 5.61. The molecule has 3 N–H and O–H groups in total. The van der Waals surface area contributed by atoms with Crippen LogP contribution in [0, 0.1) is 6.92 Å². The van der Waals surface area contributed by atoms with Gasteiger partial charge in [-0.1, -0.05) is 6.92 Å². The molecule has 1 fully saturated rings. The van der Waals surface area contributed by atoms with E-state index in [1.807, 2.05) is 6.07 Å². The first-order valence-corrected chi connectivity index (χ1v) is 7.55. The molecule has 1 aromatic rings. The number of benzene rings is 1. The van der Waals surface area contributed by atoms with Crippen molar-refractivity contribution in [2.75, 3.05) is 30.3 Å². The van der Waals surface area contributed by atoms with Gasteiger partial charge in [0.15, 0.2) is 0 Å². The van der Waals surface area contributed by atoms with Crippen molar-refractivity contribution in [1.82, 2.24) is 5.32 Å². The van der Waals surface area contributed by atoms with Crippen LogP contribution in [-0.2, 0) is 0 Å². The summed E-state index contributed by atoms with van der Waals surface area (Å²) in [5.41, 5.74) is 9.29. The lowest BCUT2D eigenvalue weighted by molar-refractivity contribution is 0.471. The molecular formula is C16H27N3. The van der Waals surface area contributed by atoms with Crippen LogP contribution in [0.2, 0.25) is 0 Å². The molecule has 1 atom stereocenters. The maximum Gasteiger partial charge on any atom is 0.0370 e. The van der Waals surface area contributed by atoms with Gasteiger partial charge in [-0.2, -0.15) is 0 Å². The summed E-state index contributed by atoms with van der Waals surface area (Å²) in [6.07, 6.45) is 5.02. The Morgan fingerprint density at radius 2 is 2.16 bits per heavy atom. The molecule has 0 amide bonds. The molecule has 19 heavy (non-hydrogen) atoms. The largest absolute Gasteiger partial charge is 0.399 e. The molecular weight excluding hydrogens is 234 g/mol. The molecule has 1 saturated heterocycles. The smallest absolute Gasteiger partial charge is 0.0370 e. The summed E-state index contributed by atoms with van der Waals surface area (Å²) in [7, 11) is 0. The molecule has 0 saturated carbocycles. The van der Waals surface area contributed by atoms with Gasteiger partial charge in [0, 0.05) is 30.5 Å². The molecule has 0 bridgehead atoms. The Balaban J connectivity index is 1.96. The van der Waals surface area contributed by atoms with Gasteiger partial charge in [0.25, 0.3) is 0 Å². The van der Waals surface area contributed by atoms with Crippen molar-refractivity contribution >= 4 is 11.4 Å². The van der Waals surface area contributed by atoms with Crippen LogP contribution in [0.4, 0.5) is 11.4 Å². The molecule has 1 aliphatic rings. The Morgan fingerprint density at radius 1 is 1.32 bits per heavy atom. The number of nitrogens with two attached hydrogens (primary N) is 1. The zero-order valence-corrected chi connectivity index (χ0v) is 12.3. The summed E-state index contributed by atoms with van der Waals surface area (Å²) in [5, 5.41) is 3.66. The molecule has 0 aromatic heterocycles. The highest BCUT2D eigenvalue weighted by Crippen LogP contribution is 2.23. The number of rotatable bonds is 4. The Bertz CT molecular complexity index is 403. The molecule has 3 nitrogen and oxygen atoms in total. The maximum atomic E-state index is 5.90. The van der Waals surface area contributed by atoms with Crippen molar-refractivity contribution in [1.29, 1.82) is 0 Å². The average Bonchev–Trinajstić information content (AvgIpc) is 2.65. The number of hydrogen-bond acceptors (Lipinski definition) is 3. The van der Waals surface area contributed by atoms with E-state index >= 15 is 0 Å². The van der Waals surface area contributed by atoms with E-state index < -0.39 is 0 Å². The van der Waals surface area contributed by atoms with E-state index in [-0.39, 0.29) is 0 Å². The first-order valence-electron chi connectivity index (χ1n) is 7.55. The summed E-state index contributed by atoms with van der Waals surface area (Å²) in [6, 6.07) is 7.10. The Morgan fingerprint density at radius 3 is 2.89 bits per heavy atom. The molecule has 1 aromatic carbocycles. The van der Waals surface area contributed by atoms with Crippen molar-refractivity contribution in [2.45, 2.75) is 45.6 Å². The maximum absolute atomic E-state index is 5.90. The molecule has 3 heteroatoms. The van der Waals surface area contributed by atoms with Crippen LogP contribution in [0.3, 0.4) is 0 Å². The van der Waals surface area contributed by atoms with Gasteiger partial charge in [0.1, 0.15) is 0 Å². The molecule has 0 aliphatic carbocycles. The van der Waals surface area contributed by atoms with E-state index in [9.17, 15) is 0 Å². The van der Waals surface area contributed by atoms with Gasteiger partial charge in [0.05, 0.1) is 0 Å². The number of anilines is 2. The predicted octanol–water partition coefficient (Wildman–Crippen LogP) is 2.94. The Kier molecular flexibility index (Phi) is 5.08. The molecule has 0 radical (unpaired) electrons. The Labute approximate surface area is 117 Å². The third kappa shape index (κ3) is 3.87. The normalized spacial score (nSPS) is 20.3. The average molecular weight is 261 g/mol. The van der Waals surface area contributed by atoms with E-state index in [0.29, 0.717) is 6.04 Å². The minimum absolute atomic E-state index is 0.694. The van der Waals surface area contributed by atoms with E-state index in [1.54, 1.807) is 0 Å². The van der Waals surface area contributed by atoms with Gasteiger partial charge in [-0.05, 0) is 62.9 Å². The molecule has 1 unspecified atom stereocenters. The van der Waals surface area contributed by atoms with Crippen LogP contribution in [0.15, 0.2) is 18.2 Å². The third-order valence-corrected chi connectivity index (χ3v) is 4.03. The van der Waals surface area contributed by atoms with Crippen molar-refractivity contribution in [3.05, 3.63) is 23.8 Å². The zero-order valence-electron chi connectivity index (χ0n) is 12.3. The molecule has 0 spiro atoms. The monoisotopic (exact) mass is 261 g/mol. The lowest BCUT2D eigenvalue weighted by Gasteiger charge is -2.23. The highest BCUT2D eigenvalue weighted by Gasteiger charge is 2.16. The fraction of sp³-hybridized carbons (Fsp3) is 0.625. The lowest BCUT2D eigenvalue weighted by atomic mass is 10.1. The van der Waals surface area contributed by atoms with Gasteiger partial charge in [-0.15, -0.1) is 0 Å². The highest BCUT2D eigenvalue weighted by molar-refractivity contribution is 5.58. The lowest BCUT2D eigenvalue weighted by Crippen LogP contribution is -2.31. The molecule has 106 valence electrons. The van der Waals surface area contributed by atoms with Crippen LogP contribution in [0.5, 0.6) is 0 Å². The summed E-state index contributed by atoms with van der Waals surface area (Å²) < 4.78 is 0. The van der Waals surface area contributed by atoms with Crippen molar-refractivity contribution in [3.8, 4) is 0 Å².